The van der Waals surface area contributed by atoms with Crippen LogP contribution in [0.2, 0.25) is 0 Å². The Morgan fingerprint density at radius 3 is 2.59 bits per heavy atom. The largest absolute Gasteiger partial charge is 0.347 e. The third-order valence-corrected chi connectivity index (χ3v) is 3.64. The highest BCUT2D eigenvalue weighted by molar-refractivity contribution is 5.92. The molecule has 1 aliphatic carbocycles. The normalized spacial score (nSPS) is 25.5. The Morgan fingerprint density at radius 2 is 2.00 bits per heavy atom. The minimum absolute atomic E-state index is 0.108. The van der Waals surface area contributed by atoms with Crippen LogP contribution >= 0.6 is 0 Å². The van der Waals surface area contributed by atoms with Gasteiger partial charge in [-0.25, -0.2) is 4.98 Å². The lowest BCUT2D eigenvalue weighted by Gasteiger charge is -2.34. The standard InChI is InChI=1S/C13H19N3O/c1-9-4-3-5-10(2)12(9)16-13(17)11-8-14-6-7-15-11/h6-10,12H,3-5H2,1-2H3,(H,16,17)/t9-,10-/m0/s1. The molecule has 1 aromatic heterocycles. The molecule has 92 valence electrons. The van der Waals surface area contributed by atoms with Crippen molar-refractivity contribution in [1.29, 1.82) is 0 Å². The van der Waals surface area contributed by atoms with E-state index >= 15 is 0 Å². The number of carbonyl (C=O) groups excluding carboxylic acids is 1. The summed E-state index contributed by atoms with van der Waals surface area (Å²) in [6.45, 7) is 4.41. The Labute approximate surface area is 102 Å². The van der Waals surface area contributed by atoms with Crippen LogP contribution in [0.1, 0.15) is 43.6 Å². The van der Waals surface area contributed by atoms with Gasteiger partial charge >= 0.3 is 0 Å². The molecule has 1 aromatic rings. The summed E-state index contributed by atoms with van der Waals surface area (Å²) in [6.07, 6.45) is 8.27. The number of aromatic nitrogens is 2. The Bertz CT molecular complexity index is 370. The summed E-state index contributed by atoms with van der Waals surface area (Å²) < 4.78 is 0. The molecule has 1 fully saturated rings. The SMILES string of the molecule is C[C@H]1CCC[C@H](C)C1NC(=O)c1cnccn1. The second-order valence-corrected chi connectivity index (χ2v) is 4.98. The van der Waals surface area contributed by atoms with Crippen molar-refractivity contribution in [3.8, 4) is 0 Å². The van der Waals surface area contributed by atoms with Crippen molar-refractivity contribution < 1.29 is 4.79 Å². The predicted molar refractivity (Wildman–Crippen MR) is 65.5 cm³/mol. The molecule has 0 radical (unpaired) electrons. The summed E-state index contributed by atoms with van der Waals surface area (Å²) in [6, 6.07) is 0.262. The number of hydrogen-bond acceptors (Lipinski definition) is 3. The van der Waals surface area contributed by atoms with Gasteiger partial charge in [0.15, 0.2) is 0 Å². The minimum atomic E-state index is -0.108. The van der Waals surface area contributed by atoms with Crippen molar-refractivity contribution in [3.63, 3.8) is 0 Å². The molecule has 0 aliphatic heterocycles. The maximum absolute atomic E-state index is 12.0. The van der Waals surface area contributed by atoms with E-state index in [4.69, 9.17) is 0 Å². The fraction of sp³-hybridized carbons (Fsp3) is 0.615. The monoisotopic (exact) mass is 233 g/mol. The van der Waals surface area contributed by atoms with Crippen molar-refractivity contribution in [3.05, 3.63) is 24.3 Å². The average Bonchev–Trinajstić information content (AvgIpc) is 2.35. The van der Waals surface area contributed by atoms with E-state index in [1.165, 1.54) is 25.5 Å². The number of hydrogen-bond donors (Lipinski definition) is 1. The topological polar surface area (TPSA) is 54.9 Å². The van der Waals surface area contributed by atoms with Gasteiger partial charge in [-0.05, 0) is 24.7 Å². The quantitative estimate of drug-likeness (QED) is 0.850. The number of nitrogens with zero attached hydrogens (tertiary/aromatic N) is 2. The smallest absolute Gasteiger partial charge is 0.271 e. The zero-order valence-electron chi connectivity index (χ0n) is 10.4. The molecular weight excluding hydrogens is 214 g/mol. The molecule has 2 rings (SSSR count). The lowest BCUT2D eigenvalue weighted by atomic mass is 9.78. The second-order valence-electron chi connectivity index (χ2n) is 4.98. The molecule has 17 heavy (non-hydrogen) atoms. The van der Waals surface area contributed by atoms with E-state index in [2.05, 4.69) is 29.1 Å². The van der Waals surface area contributed by atoms with Crippen molar-refractivity contribution in [2.75, 3.05) is 0 Å². The molecule has 0 saturated heterocycles. The average molecular weight is 233 g/mol. The van der Waals surface area contributed by atoms with Crippen LogP contribution in [0.4, 0.5) is 0 Å². The van der Waals surface area contributed by atoms with Crippen LogP contribution in [-0.4, -0.2) is 21.9 Å². The molecule has 1 amide bonds. The van der Waals surface area contributed by atoms with Crippen molar-refractivity contribution in [1.82, 2.24) is 15.3 Å². The third kappa shape index (κ3) is 2.81. The summed E-state index contributed by atoms with van der Waals surface area (Å²) >= 11 is 0. The van der Waals surface area contributed by atoms with Gasteiger partial charge in [0.1, 0.15) is 5.69 Å². The highest BCUT2D eigenvalue weighted by atomic mass is 16.1. The van der Waals surface area contributed by atoms with Gasteiger partial charge < -0.3 is 5.32 Å². The molecule has 0 aromatic carbocycles. The van der Waals surface area contributed by atoms with Crippen LogP contribution in [0, 0.1) is 11.8 Å². The summed E-state index contributed by atoms with van der Waals surface area (Å²) in [5.41, 5.74) is 0.400. The van der Waals surface area contributed by atoms with Gasteiger partial charge in [0, 0.05) is 18.4 Å². The Kier molecular flexibility index (Phi) is 3.71. The van der Waals surface area contributed by atoms with Crippen molar-refractivity contribution >= 4 is 5.91 Å². The molecule has 1 heterocycles. The maximum Gasteiger partial charge on any atom is 0.271 e. The lowest BCUT2D eigenvalue weighted by Crippen LogP contribution is -2.46. The molecule has 2 atom stereocenters. The Balaban J connectivity index is 2.03. The van der Waals surface area contributed by atoms with Crippen molar-refractivity contribution in [2.45, 2.75) is 39.2 Å². The van der Waals surface area contributed by atoms with Gasteiger partial charge in [0.2, 0.25) is 0 Å². The summed E-state index contributed by atoms with van der Waals surface area (Å²) in [7, 11) is 0. The van der Waals surface area contributed by atoms with Gasteiger partial charge in [0.25, 0.3) is 5.91 Å². The van der Waals surface area contributed by atoms with E-state index < -0.39 is 0 Å². The molecule has 0 spiro atoms. The van der Waals surface area contributed by atoms with Crippen LogP contribution in [-0.2, 0) is 0 Å². The highest BCUT2D eigenvalue weighted by Gasteiger charge is 2.29. The Hall–Kier alpha value is -1.45. The van der Waals surface area contributed by atoms with Gasteiger partial charge in [-0.2, -0.15) is 0 Å². The number of rotatable bonds is 2. The first-order valence-electron chi connectivity index (χ1n) is 6.25. The Morgan fingerprint density at radius 1 is 1.29 bits per heavy atom. The van der Waals surface area contributed by atoms with Crippen LogP contribution in [0.15, 0.2) is 18.6 Å². The highest BCUT2D eigenvalue weighted by Crippen LogP contribution is 2.28. The first kappa shape index (κ1) is 12.0. The van der Waals surface area contributed by atoms with E-state index in [9.17, 15) is 4.79 Å². The third-order valence-electron chi connectivity index (χ3n) is 3.64. The fourth-order valence-electron chi connectivity index (χ4n) is 2.61. The van der Waals surface area contributed by atoms with Gasteiger partial charge in [-0.1, -0.05) is 20.3 Å². The molecule has 0 bridgehead atoms. The number of nitrogens with one attached hydrogen (secondary N) is 1. The summed E-state index contributed by atoms with van der Waals surface area (Å²) in [5, 5.41) is 3.09. The molecular formula is C13H19N3O. The van der Waals surface area contributed by atoms with E-state index in [1.54, 1.807) is 12.4 Å². The molecule has 0 unspecified atom stereocenters. The number of amides is 1. The molecule has 4 heteroatoms. The van der Waals surface area contributed by atoms with Crippen LogP contribution in [0.3, 0.4) is 0 Å². The molecule has 1 aliphatic rings. The first-order chi connectivity index (χ1) is 8.18. The number of carbonyl (C=O) groups is 1. The zero-order valence-corrected chi connectivity index (χ0v) is 10.4. The van der Waals surface area contributed by atoms with E-state index in [0.29, 0.717) is 17.5 Å². The minimum Gasteiger partial charge on any atom is -0.347 e. The van der Waals surface area contributed by atoms with E-state index in [1.807, 2.05) is 0 Å². The summed E-state index contributed by atoms with van der Waals surface area (Å²) in [5.74, 6) is 0.974. The maximum atomic E-state index is 12.0. The van der Waals surface area contributed by atoms with Gasteiger partial charge in [0.05, 0.1) is 6.20 Å². The molecule has 1 N–H and O–H groups in total. The van der Waals surface area contributed by atoms with Gasteiger partial charge in [-0.15, -0.1) is 0 Å². The molecule has 1 saturated carbocycles. The molecule has 4 nitrogen and oxygen atoms in total. The summed E-state index contributed by atoms with van der Waals surface area (Å²) in [4.78, 5) is 19.9. The van der Waals surface area contributed by atoms with E-state index in [0.717, 1.165) is 0 Å². The predicted octanol–water partition coefficient (Wildman–Crippen LogP) is 2.03. The van der Waals surface area contributed by atoms with Gasteiger partial charge in [-0.3, -0.25) is 9.78 Å². The van der Waals surface area contributed by atoms with Crippen LogP contribution in [0.5, 0.6) is 0 Å². The first-order valence-corrected chi connectivity index (χ1v) is 6.25. The lowest BCUT2D eigenvalue weighted by molar-refractivity contribution is 0.0875. The zero-order chi connectivity index (χ0) is 12.3. The van der Waals surface area contributed by atoms with E-state index in [-0.39, 0.29) is 11.9 Å². The van der Waals surface area contributed by atoms with Crippen LogP contribution < -0.4 is 5.32 Å². The van der Waals surface area contributed by atoms with Crippen LogP contribution in [0.25, 0.3) is 0 Å². The van der Waals surface area contributed by atoms with Crippen molar-refractivity contribution in [2.24, 2.45) is 11.8 Å². The second kappa shape index (κ2) is 5.25. The fourth-order valence-corrected chi connectivity index (χ4v) is 2.61.